The zero-order valence-corrected chi connectivity index (χ0v) is 22.2. The van der Waals surface area contributed by atoms with E-state index in [9.17, 15) is 9.59 Å². The van der Waals surface area contributed by atoms with Crippen LogP contribution in [0.15, 0.2) is 97.1 Å². The molecule has 7 heterocycles. The molecule has 8 bridgehead atoms. The summed E-state index contributed by atoms with van der Waals surface area (Å²) in [5.41, 5.74) is 8.40. The van der Waals surface area contributed by atoms with Crippen LogP contribution in [0.1, 0.15) is 44.5 Å². The van der Waals surface area contributed by atoms with Crippen molar-refractivity contribution in [3.8, 4) is 0 Å². The second kappa shape index (κ2) is 13.1. The lowest BCUT2D eigenvalue weighted by atomic mass is 10.1. The molecule has 4 aromatic rings. The molecule has 7 aliphatic heterocycles. The summed E-state index contributed by atoms with van der Waals surface area (Å²) in [4.78, 5) is 24.6. The first-order valence-corrected chi connectivity index (χ1v) is 13.3. The third-order valence-corrected chi connectivity index (χ3v) is 6.67. The minimum atomic E-state index is -0.200. The highest BCUT2D eigenvalue weighted by Gasteiger charge is 2.03. The van der Waals surface area contributed by atoms with Crippen molar-refractivity contribution in [1.82, 2.24) is 21.3 Å². The smallest absolute Gasteiger partial charge is 0.315 e. The fourth-order valence-electron chi connectivity index (χ4n) is 4.23. The van der Waals surface area contributed by atoms with E-state index in [-0.39, 0.29) is 12.1 Å². The van der Waals surface area contributed by atoms with Gasteiger partial charge in [0.05, 0.1) is 0 Å². The molecule has 0 saturated carbocycles. The topological polar surface area (TPSA) is 82.3 Å². The highest BCUT2D eigenvalue weighted by molar-refractivity contribution is 5.75. The minimum Gasteiger partial charge on any atom is -0.334 e. The summed E-state index contributed by atoms with van der Waals surface area (Å²) in [6.07, 6.45) is 8.21. The average molecular weight is 529 g/mol. The van der Waals surface area contributed by atoms with Gasteiger partial charge in [-0.15, -0.1) is 0 Å². The Kier molecular flexibility index (Phi) is 8.69. The van der Waals surface area contributed by atoms with Crippen LogP contribution in [0.5, 0.6) is 0 Å². The lowest BCUT2D eigenvalue weighted by Gasteiger charge is -2.09. The molecule has 0 atom stereocenters. The van der Waals surface area contributed by atoms with Crippen molar-refractivity contribution < 1.29 is 9.59 Å². The number of nitrogens with one attached hydrogen (secondary N) is 4. The summed E-state index contributed by atoms with van der Waals surface area (Å²) < 4.78 is 0. The second-order valence-corrected chi connectivity index (χ2v) is 9.71. The van der Waals surface area contributed by atoms with Gasteiger partial charge in [0.1, 0.15) is 0 Å². The maximum Gasteiger partial charge on any atom is 0.315 e. The number of carbonyl (C=O) groups excluding carboxylic acids is 2. The Labute approximate surface area is 234 Å². The van der Waals surface area contributed by atoms with Gasteiger partial charge in [-0.25, -0.2) is 9.59 Å². The molecule has 4 aromatic carbocycles. The molecule has 0 unspecified atom stereocenters. The molecule has 0 saturated heterocycles. The van der Waals surface area contributed by atoms with Crippen molar-refractivity contribution in [3.05, 3.63) is 142 Å². The first-order valence-electron chi connectivity index (χ1n) is 13.3. The molecule has 6 heteroatoms. The van der Waals surface area contributed by atoms with Crippen molar-refractivity contribution in [2.75, 3.05) is 0 Å². The van der Waals surface area contributed by atoms with E-state index < -0.39 is 0 Å². The zero-order valence-electron chi connectivity index (χ0n) is 22.2. The van der Waals surface area contributed by atoms with Gasteiger partial charge in [0.2, 0.25) is 0 Å². The Balaban J connectivity index is 1.28. The molecule has 200 valence electrons. The molecule has 0 fully saturated rings. The first kappa shape index (κ1) is 26.5. The molecule has 40 heavy (non-hydrogen) atoms. The van der Waals surface area contributed by atoms with Crippen molar-refractivity contribution in [2.45, 2.75) is 26.2 Å². The van der Waals surface area contributed by atoms with E-state index in [1.165, 1.54) is 0 Å². The maximum atomic E-state index is 12.3. The minimum absolute atomic E-state index is 0.200. The van der Waals surface area contributed by atoms with E-state index >= 15 is 0 Å². The summed E-state index contributed by atoms with van der Waals surface area (Å²) >= 11 is 0. The molecular weight excluding hydrogens is 496 g/mol. The van der Waals surface area contributed by atoms with Crippen LogP contribution in [-0.2, 0) is 26.2 Å². The van der Waals surface area contributed by atoms with Gasteiger partial charge in [-0.2, -0.15) is 0 Å². The number of amides is 4. The third-order valence-electron chi connectivity index (χ3n) is 6.67. The normalized spacial score (nSPS) is 15.9. The zero-order chi connectivity index (χ0) is 27.6. The standard InChI is InChI=1S/C34H32N4O2/c39-33-35-21-29-13-5-25(6-14-29)1-2-26-7-15-30(16-8-26)22-36-34(40)38-24-32-19-11-28(12-20-32)4-3-27-9-17-31(18-10-27)23-37-33/h1-20H,21-24H2,(H2,35,37,39)(H2,36,38,40)/b2-1+,4-3+. The van der Waals surface area contributed by atoms with Gasteiger partial charge < -0.3 is 21.3 Å². The van der Waals surface area contributed by atoms with Crippen LogP contribution in [0.4, 0.5) is 9.59 Å². The largest absolute Gasteiger partial charge is 0.334 e. The van der Waals surface area contributed by atoms with Gasteiger partial charge in [-0.05, 0) is 44.5 Å². The molecule has 4 N–H and O–H groups in total. The first-order chi connectivity index (χ1) is 19.6. The predicted octanol–water partition coefficient (Wildman–Crippen LogP) is 6.34. The Hall–Kier alpha value is -5.10. The van der Waals surface area contributed by atoms with Crippen molar-refractivity contribution >= 4 is 36.4 Å². The van der Waals surface area contributed by atoms with Crippen LogP contribution in [0.25, 0.3) is 24.3 Å². The Morgan fingerprint density at radius 1 is 0.325 bits per heavy atom. The second-order valence-electron chi connectivity index (χ2n) is 9.71. The molecule has 4 amide bonds. The summed E-state index contributed by atoms with van der Waals surface area (Å²) in [6.45, 7) is 1.81. The molecule has 0 aliphatic carbocycles. The molecule has 0 radical (unpaired) electrons. The Bertz CT molecular complexity index is 1260. The van der Waals surface area contributed by atoms with Gasteiger partial charge in [-0.3, -0.25) is 0 Å². The van der Waals surface area contributed by atoms with Gasteiger partial charge >= 0.3 is 12.1 Å². The van der Waals surface area contributed by atoms with Gasteiger partial charge in [-0.1, -0.05) is 121 Å². The van der Waals surface area contributed by atoms with E-state index in [1.807, 2.05) is 97.1 Å². The van der Waals surface area contributed by atoms with E-state index in [0.29, 0.717) is 26.2 Å². The summed E-state index contributed by atoms with van der Waals surface area (Å²) in [5.74, 6) is 0. The summed E-state index contributed by atoms with van der Waals surface area (Å²) in [5, 5.41) is 11.7. The molecule has 7 aliphatic rings. The van der Waals surface area contributed by atoms with E-state index in [2.05, 4.69) is 45.6 Å². The van der Waals surface area contributed by atoms with Gasteiger partial charge in [0.15, 0.2) is 0 Å². The van der Waals surface area contributed by atoms with Crippen LogP contribution < -0.4 is 21.3 Å². The lowest BCUT2D eigenvalue weighted by Crippen LogP contribution is -2.34. The molecule has 0 aromatic heterocycles. The highest BCUT2D eigenvalue weighted by Crippen LogP contribution is 2.13. The number of hydrogen-bond acceptors (Lipinski definition) is 2. The Morgan fingerprint density at radius 3 is 0.725 bits per heavy atom. The van der Waals surface area contributed by atoms with Crippen LogP contribution >= 0.6 is 0 Å². The molecular formula is C34H32N4O2. The summed E-state index contributed by atoms with van der Waals surface area (Å²) in [6, 6.07) is 32.0. The lowest BCUT2D eigenvalue weighted by molar-refractivity contribution is 0.239. The van der Waals surface area contributed by atoms with Crippen molar-refractivity contribution in [2.24, 2.45) is 0 Å². The van der Waals surface area contributed by atoms with Gasteiger partial charge in [0.25, 0.3) is 0 Å². The van der Waals surface area contributed by atoms with Crippen LogP contribution in [-0.4, -0.2) is 12.1 Å². The number of carbonyl (C=O) groups is 2. The van der Waals surface area contributed by atoms with Crippen molar-refractivity contribution in [1.29, 1.82) is 0 Å². The van der Waals surface area contributed by atoms with E-state index in [1.54, 1.807) is 0 Å². The third kappa shape index (κ3) is 7.95. The van der Waals surface area contributed by atoms with Crippen LogP contribution in [0.2, 0.25) is 0 Å². The monoisotopic (exact) mass is 528 g/mol. The predicted molar refractivity (Wildman–Crippen MR) is 162 cm³/mol. The number of hydrogen-bond donors (Lipinski definition) is 4. The number of benzene rings is 4. The Morgan fingerprint density at radius 2 is 0.525 bits per heavy atom. The molecule has 6 nitrogen and oxygen atoms in total. The van der Waals surface area contributed by atoms with Crippen LogP contribution in [0.3, 0.4) is 0 Å². The average Bonchev–Trinajstić information content (AvgIpc) is 3.00. The van der Waals surface area contributed by atoms with Crippen LogP contribution in [0, 0.1) is 0 Å². The maximum absolute atomic E-state index is 12.3. The fourth-order valence-corrected chi connectivity index (χ4v) is 4.23. The van der Waals surface area contributed by atoms with E-state index in [4.69, 9.17) is 0 Å². The fraction of sp³-hybridized carbons (Fsp3) is 0.118. The highest BCUT2D eigenvalue weighted by atomic mass is 16.2. The number of urea groups is 2. The quantitative estimate of drug-likeness (QED) is 0.215. The molecule has 0 spiro atoms. The summed E-state index contributed by atoms with van der Waals surface area (Å²) in [7, 11) is 0. The van der Waals surface area contributed by atoms with E-state index in [0.717, 1.165) is 44.5 Å². The van der Waals surface area contributed by atoms with Crippen molar-refractivity contribution in [3.63, 3.8) is 0 Å². The van der Waals surface area contributed by atoms with Gasteiger partial charge in [0, 0.05) is 26.2 Å². The number of rotatable bonds is 0. The molecule has 11 rings (SSSR count). The SMILES string of the molecule is O=C1NCc2ccc(cc2)/C=C/c2ccc(cc2)CNC(=O)NCc2ccc(cc2)/C=C/c2ccc(cc2)CN1.